The summed E-state index contributed by atoms with van der Waals surface area (Å²) in [5, 5.41) is 2.64. The smallest absolute Gasteiger partial charge is 0.328 e. The van der Waals surface area contributed by atoms with Crippen LogP contribution in [0.1, 0.15) is 81.1 Å². The van der Waals surface area contributed by atoms with E-state index in [-0.39, 0.29) is 0 Å². The fourth-order valence-electron chi connectivity index (χ4n) is 2.90. The minimum Gasteiger partial charge on any atom is -0.464 e. The highest BCUT2D eigenvalue weighted by atomic mass is 16.5. The van der Waals surface area contributed by atoms with Crippen LogP contribution in [-0.4, -0.2) is 24.5 Å². The Morgan fingerprint density at radius 2 is 1.86 bits per heavy atom. The van der Waals surface area contributed by atoms with Crippen molar-refractivity contribution in [2.45, 2.75) is 71.3 Å². The number of unbranched alkanes of at least 4 members (excludes halogenated alkanes) is 7. The number of hydrogen-bond donors (Lipinski definition) is 1. The molecule has 29 heavy (non-hydrogen) atoms. The largest absolute Gasteiger partial charge is 0.464 e. The summed E-state index contributed by atoms with van der Waals surface area (Å²) in [6.07, 6.45) is 11.0. The summed E-state index contributed by atoms with van der Waals surface area (Å²) < 4.78 is 5.27. The molecule has 5 nitrogen and oxygen atoms in total. The van der Waals surface area contributed by atoms with Gasteiger partial charge in [0.25, 0.3) is 5.91 Å². The van der Waals surface area contributed by atoms with Gasteiger partial charge in [0, 0.05) is 5.56 Å². The molecule has 0 radical (unpaired) electrons. The molecule has 0 saturated heterocycles. The molecule has 156 valence electrons. The maximum Gasteiger partial charge on any atom is 0.328 e. The van der Waals surface area contributed by atoms with Gasteiger partial charge in [0.1, 0.15) is 6.04 Å². The van der Waals surface area contributed by atoms with Crippen molar-refractivity contribution in [3.05, 3.63) is 53.1 Å². The quantitative estimate of drug-likeness (QED) is 0.197. The van der Waals surface area contributed by atoms with Crippen molar-refractivity contribution in [2.75, 3.05) is 6.61 Å². The third kappa shape index (κ3) is 9.27. The molecule has 0 aromatic heterocycles. The van der Waals surface area contributed by atoms with Crippen LogP contribution in [-0.2, 0) is 9.53 Å². The van der Waals surface area contributed by atoms with Crippen LogP contribution in [0.2, 0.25) is 0 Å². The Bertz CT molecular complexity index is 758. The van der Waals surface area contributed by atoms with Crippen LogP contribution in [0.25, 0.3) is 10.9 Å². The lowest BCUT2D eigenvalue weighted by Crippen LogP contribution is -2.39. The number of carbonyl (C=O) groups is 2. The second kappa shape index (κ2) is 14.2. The predicted molar refractivity (Wildman–Crippen MR) is 117 cm³/mol. The van der Waals surface area contributed by atoms with Crippen molar-refractivity contribution >= 4 is 23.6 Å². The molecule has 0 aliphatic rings. The van der Waals surface area contributed by atoms with Crippen LogP contribution in [0.5, 0.6) is 0 Å². The molecule has 0 fully saturated rings. The highest BCUT2D eigenvalue weighted by molar-refractivity contribution is 5.97. The van der Waals surface area contributed by atoms with E-state index in [1.807, 2.05) is 0 Å². The third-order valence-electron chi connectivity index (χ3n) is 4.61. The second-order valence-electron chi connectivity index (χ2n) is 7.07. The van der Waals surface area contributed by atoms with Crippen molar-refractivity contribution in [3.63, 3.8) is 0 Å². The van der Waals surface area contributed by atoms with Crippen molar-refractivity contribution in [2.24, 2.45) is 0 Å². The van der Waals surface area contributed by atoms with Crippen LogP contribution in [0, 0.1) is 6.57 Å². The molecule has 1 amide bonds. The maximum atomic E-state index is 12.4. The Labute approximate surface area is 174 Å². The van der Waals surface area contributed by atoms with Crippen molar-refractivity contribution < 1.29 is 14.3 Å². The lowest BCUT2D eigenvalue weighted by Gasteiger charge is -2.14. The zero-order valence-electron chi connectivity index (χ0n) is 17.6. The number of ether oxygens (including phenoxy) is 1. The van der Waals surface area contributed by atoms with Gasteiger partial charge in [0.05, 0.1) is 13.2 Å². The second-order valence-corrected chi connectivity index (χ2v) is 7.07. The number of rotatable bonds is 13. The van der Waals surface area contributed by atoms with Gasteiger partial charge >= 0.3 is 5.97 Å². The maximum absolute atomic E-state index is 12.4. The van der Waals surface area contributed by atoms with Gasteiger partial charge in [0.15, 0.2) is 5.69 Å². The topological polar surface area (TPSA) is 59.8 Å². The van der Waals surface area contributed by atoms with E-state index in [0.29, 0.717) is 23.4 Å². The Balaban J connectivity index is 2.37. The summed E-state index contributed by atoms with van der Waals surface area (Å²) >= 11 is 0. The first-order valence-electron chi connectivity index (χ1n) is 10.4. The van der Waals surface area contributed by atoms with Gasteiger partial charge in [0.2, 0.25) is 0 Å². The van der Waals surface area contributed by atoms with E-state index in [2.05, 4.69) is 29.4 Å². The third-order valence-corrected chi connectivity index (χ3v) is 4.61. The fourth-order valence-corrected chi connectivity index (χ4v) is 2.90. The Morgan fingerprint density at radius 3 is 2.48 bits per heavy atom. The molecule has 0 aliphatic heterocycles. The normalized spacial score (nSPS) is 11.1. The first-order valence-corrected chi connectivity index (χ1v) is 10.4. The number of benzene rings is 1. The van der Waals surface area contributed by atoms with Gasteiger partial charge < -0.3 is 10.1 Å². The molecule has 1 rings (SSSR count). The van der Waals surface area contributed by atoms with Crippen molar-refractivity contribution in [3.8, 4) is 0 Å². The SMILES string of the molecule is [C-]#[N+]c1ccc(C(=O)N[C@@H](C)C(=O)OCCCCCCCCCC)cc1C=C=C. The first-order chi connectivity index (χ1) is 14.0. The average molecular weight is 397 g/mol. The molecule has 5 heteroatoms. The van der Waals surface area contributed by atoms with E-state index in [1.165, 1.54) is 32.1 Å². The van der Waals surface area contributed by atoms with E-state index in [4.69, 9.17) is 11.3 Å². The number of hydrogen-bond acceptors (Lipinski definition) is 3. The lowest BCUT2D eigenvalue weighted by atomic mass is 10.1. The molecule has 0 aliphatic carbocycles. The molecule has 1 aromatic carbocycles. The number of amides is 1. The van der Waals surface area contributed by atoms with Crippen LogP contribution < -0.4 is 5.32 Å². The number of carbonyl (C=O) groups excluding carboxylic acids is 2. The molecule has 0 unspecified atom stereocenters. The molecule has 0 bridgehead atoms. The monoisotopic (exact) mass is 396 g/mol. The minimum absolute atomic E-state index is 0.363. The molecule has 0 spiro atoms. The van der Waals surface area contributed by atoms with Crippen LogP contribution in [0.15, 0.2) is 30.5 Å². The molecule has 0 saturated carbocycles. The van der Waals surface area contributed by atoms with Gasteiger partial charge in [-0.1, -0.05) is 76.6 Å². The molecule has 0 heterocycles. The van der Waals surface area contributed by atoms with Crippen LogP contribution in [0.3, 0.4) is 0 Å². The summed E-state index contributed by atoms with van der Waals surface area (Å²) in [7, 11) is 0. The van der Waals surface area contributed by atoms with E-state index in [1.54, 1.807) is 31.2 Å². The van der Waals surface area contributed by atoms with Crippen molar-refractivity contribution in [1.29, 1.82) is 0 Å². The highest BCUT2D eigenvalue weighted by Gasteiger charge is 2.18. The van der Waals surface area contributed by atoms with Gasteiger partial charge in [-0.05, 0) is 25.0 Å². The Hall–Kier alpha value is -2.83. The Kier molecular flexibility index (Phi) is 11.9. The number of esters is 1. The summed E-state index contributed by atoms with van der Waals surface area (Å²) in [4.78, 5) is 27.9. The van der Waals surface area contributed by atoms with Crippen LogP contribution >= 0.6 is 0 Å². The predicted octanol–water partition coefficient (Wildman–Crippen LogP) is 5.84. The van der Waals surface area contributed by atoms with Gasteiger partial charge in [-0.15, -0.1) is 5.73 Å². The fraction of sp³-hybridized carbons (Fsp3) is 0.500. The molecule has 1 atom stereocenters. The summed E-state index contributed by atoms with van der Waals surface area (Å²) in [6, 6.07) is 3.97. The van der Waals surface area contributed by atoms with Crippen molar-refractivity contribution in [1.82, 2.24) is 5.32 Å². The molecule has 1 N–H and O–H groups in total. The van der Waals surface area contributed by atoms with Crippen LogP contribution in [0.4, 0.5) is 5.69 Å². The summed E-state index contributed by atoms with van der Waals surface area (Å²) in [6.45, 7) is 14.8. The molecular weight excluding hydrogens is 364 g/mol. The number of nitrogens with zero attached hydrogens (tertiary/aromatic N) is 1. The van der Waals surface area contributed by atoms with E-state index < -0.39 is 17.9 Å². The first kappa shape index (κ1) is 24.2. The van der Waals surface area contributed by atoms with Gasteiger partial charge in [-0.3, -0.25) is 4.79 Å². The highest BCUT2D eigenvalue weighted by Crippen LogP contribution is 2.22. The van der Waals surface area contributed by atoms with Gasteiger partial charge in [-0.25, -0.2) is 9.64 Å². The standard InChI is InChI=1S/C24H32N2O3/c1-5-7-8-9-10-11-12-13-17-29-24(28)19(3)26-23(27)21-15-16-22(25-4)20(18-21)14-6-2/h14-16,18-19H,2,5,7-13,17H2,1,3H3,(H,26,27)/t19-/m0/s1. The number of nitrogens with one attached hydrogen (secondary N) is 1. The minimum atomic E-state index is -0.740. The average Bonchev–Trinajstić information content (AvgIpc) is 2.72. The lowest BCUT2D eigenvalue weighted by molar-refractivity contribution is -0.145. The van der Waals surface area contributed by atoms with E-state index >= 15 is 0 Å². The molecular formula is C24H32N2O3. The Morgan fingerprint density at radius 1 is 1.21 bits per heavy atom. The van der Waals surface area contributed by atoms with E-state index in [9.17, 15) is 9.59 Å². The molecule has 1 aromatic rings. The van der Waals surface area contributed by atoms with Gasteiger partial charge in [-0.2, -0.15) is 0 Å². The summed E-state index contributed by atoms with van der Waals surface area (Å²) in [5.41, 5.74) is 3.95. The summed E-state index contributed by atoms with van der Waals surface area (Å²) in [5.74, 6) is -0.831. The zero-order valence-corrected chi connectivity index (χ0v) is 17.6. The van der Waals surface area contributed by atoms with E-state index in [0.717, 1.165) is 19.3 Å². The zero-order chi connectivity index (χ0) is 21.5.